The van der Waals surface area contributed by atoms with Gasteiger partial charge in [0, 0.05) is 12.5 Å². The molecule has 1 atom stereocenters. The fourth-order valence-corrected chi connectivity index (χ4v) is 0.810. The van der Waals surface area contributed by atoms with E-state index in [0.29, 0.717) is 0 Å². The Bertz CT molecular complexity index is 153. The van der Waals surface area contributed by atoms with Crippen LogP contribution in [-0.2, 0) is 4.84 Å². The lowest BCUT2D eigenvalue weighted by Crippen LogP contribution is -2.37. The van der Waals surface area contributed by atoms with Crippen molar-refractivity contribution in [3.8, 4) is 0 Å². The lowest BCUT2D eigenvalue weighted by Gasteiger charge is -2.29. The first-order valence-electron chi connectivity index (χ1n) is 4.04. The highest BCUT2D eigenvalue weighted by molar-refractivity contribution is 4.73. The normalized spacial score (nSPS) is 15.5. The molecule has 0 aromatic rings. The van der Waals surface area contributed by atoms with E-state index in [1.807, 2.05) is 0 Å². The van der Waals surface area contributed by atoms with E-state index in [9.17, 15) is 13.9 Å². The van der Waals surface area contributed by atoms with Crippen molar-refractivity contribution in [3.05, 3.63) is 0 Å². The molecule has 0 spiro atoms. The van der Waals surface area contributed by atoms with Crippen molar-refractivity contribution in [2.45, 2.75) is 32.9 Å². The van der Waals surface area contributed by atoms with Crippen molar-refractivity contribution < 1.29 is 18.7 Å². The summed E-state index contributed by atoms with van der Waals surface area (Å²) in [5.74, 6) is 0. The van der Waals surface area contributed by atoms with Gasteiger partial charge in [0.2, 0.25) is 6.43 Å². The van der Waals surface area contributed by atoms with Gasteiger partial charge >= 0.3 is 0 Å². The van der Waals surface area contributed by atoms with Crippen LogP contribution in [0.25, 0.3) is 0 Å². The third-order valence-electron chi connectivity index (χ3n) is 2.01. The number of rotatable bonds is 5. The summed E-state index contributed by atoms with van der Waals surface area (Å²) in [7, 11) is 2.87. The Morgan fingerprint density at radius 2 is 1.92 bits per heavy atom. The maximum atomic E-state index is 12.4. The summed E-state index contributed by atoms with van der Waals surface area (Å²) in [4.78, 5) is 4.68. The first-order valence-corrected chi connectivity index (χ1v) is 4.04. The fraction of sp³-hybridized carbons (Fsp3) is 1.00. The molecule has 0 aliphatic carbocycles. The number of aliphatic hydroxyl groups is 1. The van der Waals surface area contributed by atoms with E-state index in [1.165, 1.54) is 28.0 Å². The third kappa shape index (κ3) is 3.97. The quantitative estimate of drug-likeness (QED) is 0.535. The molecule has 13 heavy (non-hydrogen) atoms. The van der Waals surface area contributed by atoms with Gasteiger partial charge < -0.3 is 9.94 Å². The smallest absolute Gasteiger partial charge is 0.243 e. The number of hydroxylamine groups is 2. The average molecular weight is 197 g/mol. The van der Waals surface area contributed by atoms with Gasteiger partial charge in [-0.3, -0.25) is 0 Å². The maximum absolute atomic E-state index is 12.4. The van der Waals surface area contributed by atoms with E-state index >= 15 is 0 Å². The van der Waals surface area contributed by atoms with Gasteiger partial charge in [0.1, 0.15) is 6.23 Å². The van der Waals surface area contributed by atoms with Crippen LogP contribution in [0.1, 0.15) is 20.3 Å². The Labute approximate surface area is 77.2 Å². The Balaban J connectivity index is 4.11. The van der Waals surface area contributed by atoms with Crippen molar-refractivity contribution in [2.24, 2.45) is 5.41 Å². The number of halogens is 2. The van der Waals surface area contributed by atoms with Crippen LogP contribution in [0, 0.1) is 5.41 Å². The topological polar surface area (TPSA) is 32.7 Å². The van der Waals surface area contributed by atoms with Gasteiger partial charge in [0.25, 0.3) is 0 Å². The van der Waals surface area contributed by atoms with Gasteiger partial charge in [-0.25, -0.2) is 8.78 Å². The maximum Gasteiger partial charge on any atom is 0.243 e. The SMILES string of the molecule is CON(C)C(O)CC(C)(C)C(F)F. The second-order valence-corrected chi connectivity index (χ2v) is 3.70. The number of nitrogens with zero attached hydrogens (tertiary/aromatic N) is 1. The molecule has 0 saturated heterocycles. The zero-order chi connectivity index (χ0) is 10.6. The van der Waals surface area contributed by atoms with Crippen LogP contribution >= 0.6 is 0 Å². The van der Waals surface area contributed by atoms with Crippen LogP contribution in [0.4, 0.5) is 8.78 Å². The van der Waals surface area contributed by atoms with Crippen LogP contribution in [-0.4, -0.2) is 37.0 Å². The summed E-state index contributed by atoms with van der Waals surface area (Å²) in [6.45, 7) is 2.81. The zero-order valence-electron chi connectivity index (χ0n) is 8.42. The Hall–Kier alpha value is -0.260. The molecule has 0 bridgehead atoms. The fourth-order valence-electron chi connectivity index (χ4n) is 0.810. The molecule has 1 unspecified atom stereocenters. The molecule has 0 aromatic carbocycles. The third-order valence-corrected chi connectivity index (χ3v) is 2.01. The van der Waals surface area contributed by atoms with Crippen molar-refractivity contribution in [3.63, 3.8) is 0 Å². The van der Waals surface area contributed by atoms with E-state index < -0.39 is 18.1 Å². The standard InChI is InChI=1S/C8H17F2NO2/c1-8(2,7(9)10)5-6(12)11(3)13-4/h6-7,12H,5H2,1-4H3. The van der Waals surface area contributed by atoms with Gasteiger partial charge in [-0.15, -0.1) is 0 Å². The van der Waals surface area contributed by atoms with E-state index in [2.05, 4.69) is 4.84 Å². The zero-order valence-corrected chi connectivity index (χ0v) is 8.42. The largest absolute Gasteiger partial charge is 0.376 e. The lowest BCUT2D eigenvalue weighted by molar-refractivity contribution is -0.216. The number of hydrogen-bond donors (Lipinski definition) is 1. The first kappa shape index (κ1) is 12.7. The van der Waals surface area contributed by atoms with Crippen LogP contribution in [0.5, 0.6) is 0 Å². The molecular weight excluding hydrogens is 180 g/mol. The van der Waals surface area contributed by atoms with E-state index in [-0.39, 0.29) is 6.42 Å². The first-order chi connectivity index (χ1) is 5.81. The van der Waals surface area contributed by atoms with Crippen LogP contribution in [0.15, 0.2) is 0 Å². The monoisotopic (exact) mass is 197 g/mol. The predicted molar refractivity (Wildman–Crippen MR) is 45.2 cm³/mol. The second kappa shape index (κ2) is 4.83. The molecule has 0 rings (SSSR count). The van der Waals surface area contributed by atoms with Crippen molar-refractivity contribution in [1.29, 1.82) is 0 Å². The second-order valence-electron chi connectivity index (χ2n) is 3.70. The van der Waals surface area contributed by atoms with Gasteiger partial charge in [-0.2, -0.15) is 5.06 Å². The van der Waals surface area contributed by atoms with Crippen LogP contribution in [0.2, 0.25) is 0 Å². The van der Waals surface area contributed by atoms with Crippen molar-refractivity contribution >= 4 is 0 Å². The Morgan fingerprint density at radius 3 is 2.23 bits per heavy atom. The summed E-state index contributed by atoms with van der Waals surface area (Å²) in [6.07, 6.45) is -3.49. The lowest BCUT2D eigenvalue weighted by atomic mass is 9.89. The number of hydrogen-bond acceptors (Lipinski definition) is 3. The van der Waals surface area contributed by atoms with Crippen molar-refractivity contribution in [2.75, 3.05) is 14.2 Å². The summed E-state index contributed by atoms with van der Waals surface area (Å²) >= 11 is 0. The van der Waals surface area contributed by atoms with E-state index in [4.69, 9.17) is 0 Å². The van der Waals surface area contributed by atoms with Crippen LogP contribution in [0.3, 0.4) is 0 Å². The highest BCUT2D eigenvalue weighted by atomic mass is 19.3. The minimum Gasteiger partial charge on any atom is -0.376 e. The van der Waals surface area contributed by atoms with Gasteiger partial charge in [-0.05, 0) is 6.42 Å². The van der Waals surface area contributed by atoms with Gasteiger partial charge in [0.15, 0.2) is 0 Å². The molecule has 5 heteroatoms. The molecule has 0 amide bonds. The molecule has 3 nitrogen and oxygen atoms in total. The highest BCUT2D eigenvalue weighted by Gasteiger charge is 2.33. The van der Waals surface area contributed by atoms with E-state index in [0.717, 1.165) is 5.06 Å². The molecular formula is C8H17F2NO2. The molecule has 0 radical (unpaired) electrons. The van der Waals surface area contributed by atoms with Crippen molar-refractivity contribution in [1.82, 2.24) is 5.06 Å². The molecule has 0 aliphatic heterocycles. The van der Waals surface area contributed by atoms with Gasteiger partial charge in [-0.1, -0.05) is 13.8 Å². The van der Waals surface area contributed by atoms with Gasteiger partial charge in [0.05, 0.1) is 7.11 Å². The Morgan fingerprint density at radius 1 is 1.46 bits per heavy atom. The number of alkyl halides is 2. The minimum absolute atomic E-state index is 0.0327. The molecule has 0 saturated carbocycles. The predicted octanol–water partition coefficient (Wildman–Crippen LogP) is 1.48. The summed E-state index contributed by atoms with van der Waals surface area (Å²) in [6, 6.07) is 0. The molecule has 0 heterocycles. The summed E-state index contributed by atoms with van der Waals surface area (Å²) < 4.78 is 24.7. The highest BCUT2D eigenvalue weighted by Crippen LogP contribution is 2.30. The average Bonchev–Trinajstić information content (AvgIpc) is 2.01. The van der Waals surface area contributed by atoms with Crippen LogP contribution < -0.4 is 0 Å². The summed E-state index contributed by atoms with van der Waals surface area (Å²) in [5.41, 5.74) is -1.20. The molecule has 1 N–H and O–H groups in total. The number of aliphatic hydroxyl groups excluding tert-OH is 1. The summed E-state index contributed by atoms with van der Waals surface area (Å²) in [5, 5.41) is 10.5. The van der Waals surface area contributed by atoms with E-state index in [1.54, 1.807) is 0 Å². The Kier molecular flexibility index (Phi) is 4.74. The molecule has 80 valence electrons. The molecule has 0 fully saturated rings. The minimum atomic E-state index is -2.45. The molecule has 0 aliphatic rings. The molecule has 0 aromatic heterocycles.